The molecule has 0 radical (unpaired) electrons. The molecule has 0 amide bonds. The third kappa shape index (κ3) is 4.07. The van der Waals surface area contributed by atoms with Gasteiger partial charge in [0.2, 0.25) is 0 Å². The highest BCUT2D eigenvalue weighted by Gasteiger charge is 2.40. The van der Waals surface area contributed by atoms with Gasteiger partial charge >= 0.3 is 0 Å². The summed E-state index contributed by atoms with van der Waals surface area (Å²) in [6.07, 6.45) is 1.98. The van der Waals surface area contributed by atoms with E-state index >= 15 is 0 Å². The van der Waals surface area contributed by atoms with Crippen LogP contribution >= 0.6 is 0 Å². The van der Waals surface area contributed by atoms with Crippen molar-refractivity contribution in [2.75, 3.05) is 19.6 Å². The highest BCUT2D eigenvalue weighted by atomic mass is 16.5. The minimum Gasteiger partial charge on any atom is -0.367 e. The molecule has 3 nitrogen and oxygen atoms in total. The topological polar surface area (TPSA) is 29.5 Å². The minimum atomic E-state index is -0.233. The lowest BCUT2D eigenvalue weighted by Crippen LogP contribution is -2.58. The van der Waals surface area contributed by atoms with Gasteiger partial charge in [0, 0.05) is 25.0 Å². The first-order valence-electron chi connectivity index (χ1n) is 6.50. The summed E-state index contributed by atoms with van der Waals surface area (Å²) in [5.74, 6) is 0. The summed E-state index contributed by atoms with van der Waals surface area (Å²) in [5, 5.41) is 0. The van der Waals surface area contributed by atoms with Crippen LogP contribution in [-0.2, 0) is 9.53 Å². The van der Waals surface area contributed by atoms with Crippen molar-refractivity contribution in [3.63, 3.8) is 0 Å². The molecule has 0 aromatic heterocycles. The maximum Gasteiger partial charge on any atom is 0.127 e. The van der Waals surface area contributed by atoms with Crippen LogP contribution in [0.3, 0.4) is 0 Å². The standard InChI is InChI=1S/C14H27NO2/c1-7-14(6,11-16)10-15-8-12(2,3)17-13(4,5)9-15/h11H,7-10H2,1-6H3. The van der Waals surface area contributed by atoms with Gasteiger partial charge in [-0.05, 0) is 34.1 Å². The van der Waals surface area contributed by atoms with Crippen molar-refractivity contribution >= 4 is 6.29 Å². The summed E-state index contributed by atoms with van der Waals surface area (Å²) >= 11 is 0. The van der Waals surface area contributed by atoms with Crippen LogP contribution in [0.15, 0.2) is 0 Å². The molecule has 1 atom stereocenters. The van der Waals surface area contributed by atoms with Gasteiger partial charge < -0.3 is 9.53 Å². The number of hydrogen-bond acceptors (Lipinski definition) is 3. The second-order valence-corrected chi connectivity index (χ2v) is 6.89. The van der Waals surface area contributed by atoms with Crippen molar-refractivity contribution in [3.8, 4) is 0 Å². The van der Waals surface area contributed by atoms with Crippen LogP contribution < -0.4 is 0 Å². The van der Waals surface area contributed by atoms with E-state index in [1.807, 2.05) is 6.92 Å². The van der Waals surface area contributed by atoms with E-state index in [1.165, 1.54) is 0 Å². The molecular formula is C14H27NO2. The van der Waals surface area contributed by atoms with Crippen LogP contribution in [0.4, 0.5) is 0 Å². The van der Waals surface area contributed by atoms with Crippen LogP contribution in [0.2, 0.25) is 0 Å². The molecule has 3 heteroatoms. The SMILES string of the molecule is CCC(C)(C=O)CN1CC(C)(C)OC(C)(C)C1. The molecule has 100 valence electrons. The number of ether oxygens (including phenoxy) is 1. The summed E-state index contributed by atoms with van der Waals surface area (Å²) in [7, 11) is 0. The first-order valence-corrected chi connectivity index (χ1v) is 6.50. The Morgan fingerprint density at radius 1 is 1.24 bits per heavy atom. The minimum absolute atomic E-state index is 0.140. The smallest absolute Gasteiger partial charge is 0.127 e. The number of carbonyl (C=O) groups is 1. The van der Waals surface area contributed by atoms with E-state index in [0.29, 0.717) is 0 Å². The predicted octanol–water partition coefficient (Wildman–Crippen LogP) is 2.49. The number of hydrogen-bond donors (Lipinski definition) is 0. The average molecular weight is 241 g/mol. The van der Waals surface area contributed by atoms with Crippen LogP contribution in [0, 0.1) is 5.41 Å². The fraction of sp³-hybridized carbons (Fsp3) is 0.929. The lowest BCUT2D eigenvalue weighted by atomic mass is 9.87. The highest BCUT2D eigenvalue weighted by Crippen LogP contribution is 2.30. The molecule has 0 aromatic rings. The molecule has 0 N–H and O–H groups in total. The van der Waals surface area contributed by atoms with Crippen LogP contribution in [0.5, 0.6) is 0 Å². The summed E-state index contributed by atoms with van der Waals surface area (Å²) in [6, 6.07) is 0. The van der Waals surface area contributed by atoms with Gasteiger partial charge in [0.25, 0.3) is 0 Å². The molecule has 0 saturated carbocycles. The van der Waals surface area contributed by atoms with E-state index in [-0.39, 0.29) is 16.6 Å². The Balaban J connectivity index is 2.75. The quantitative estimate of drug-likeness (QED) is 0.708. The summed E-state index contributed by atoms with van der Waals surface area (Å²) in [4.78, 5) is 13.6. The van der Waals surface area contributed by atoms with Gasteiger partial charge in [-0.2, -0.15) is 0 Å². The number of rotatable bonds is 4. The number of carbonyl (C=O) groups excluding carboxylic acids is 1. The second-order valence-electron chi connectivity index (χ2n) is 6.89. The molecule has 1 aliphatic heterocycles. The fourth-order valence-electron chi connectivity index (χ4n) is 2.80. The van der Waals surface area contributed by atoms with Gasteiger partial charge in [-0.25, -0.2) is 0 Å². The highest BCUT2D eigenvalue weighted by molar-refractivity contribution is 5.58. The fourth-order valence-corrected chi connectivity index (χ4v) is 2.80. The van der Waals surface area contributed by atoms with Crippen molar-refractivity contribution in [2.45, 2.75) is 59.2 Å². The van der Waals surface area contributed by atoms with Crippen LogP contribution in [0.1, 0.15) is 48.0 Å². The lowest BCUT2D eigenvalue weighted by Gasteiger charge is -2.48. The van der Waals surface area contributed by atoms with Crippen molar-refractivity contribution in [2.24, 2.45) is 5.41 Å². The van der Waals surface area contributed by atoms with E-state index in [4.69, 9.17) is 4.74 Å². The Hall–Kier alpha value is -0.410. The zero-order valence-corrected chi connectivity index (χ0v) is 12.2. The maximum atomic E-state index is 11.2. The Bertz CT molecular complexity index is 270. The Kier molecular flexibility index (Phi) is 4.04. The predicted molar refractivity (Wildman–Crippen MR) is 70.1 cm³/mol. The molecule has 1 fully saturated rings. The average Bonchev–Trinajstić information content (AvgIpc) is 2.12. The van der Waals surface area contributed by atoms with Gasteiger partial charge in [0.05, 0.1) is 11.2 Å². The van der Waals surface area contributed by atoms with Crippen LogP contribution in [0.25, 0.3) is 0 Å². The summed E-state index contributed by atoms with van der Waals surface area (Å²) in [6.45, 7) is 15.2. The normalized spacial score (nSPS) is 27.4. The van der Waals surface area contributed by atoms with Crippen molar-refractivity contribution < 1.29 is 9.53 Å². The van der Waals surface area contributed by atoms with Gasteiger partial charge in [0.15, 0.2) is 0 Å². The Morgan fingerprint density at radius 2 is 1.71 bits per heavy atom. The molecular weight excluding hydrogens is 214 g/mol. The van der Waals surface area contributed by atoms with E-state index in [2.05, 4.69) is 39.5 Å². The molecule has 1 rings (SSSR count). The third-order valence-corrected chi connectivity index (χ3v) is 3.44. The van der Waals surface area contributed by atoms with Gasteiger partial charge in [-0.15, -0.1) is 0 Å². The first-order chi connectivity index (χ1) is 7.61. The maximum absolute atomic E-state index is 11.2. The number of morpholine rings is 1. The van der Waals surface area contributed by atoms with E-state index in [1.54, 1.807) is 0 Å². The van der Waals surface area contributed by atoms with Crippen molar-refractivity contribution in [1.29, 1.82) is 0 Å². The molecule has 17 heavy (non-hydrogen) atoms. The first kappa shape index (κ1) is 14.7. The number of nitrogens with zero attached hydrogens (tertiary/aromatic N) is 1. The monoisotopic (exact) mass is 241 g/mol. The molecule has 1 heterocycles. The summed E-state index contributed by atoms with van der Waals surface area (Å²) < 4.78 is 6.04. The van der Waals surface area contributed by atoms with Crippen molar-refractivity contribution in [3.05, 3.63) is 0 Å². The molecule has 0 aliphatic carbocycles. The van der Waals surface area contributed by atoms with Gasteiger partial charge in [0.1, 0.15) is 6.29 Å². The van der Waals surface area contributed by atoms with Crippen molar-refractivity contribution in [1.82, 2.24) is 4.90 Å². The van der Waals surface area contributed by atoms with E-state index < -0.39 is 0 Å². The zero-order chi connectivity index (χ0) is 13.3. The molecule has 0 spiro atoms. The van der Waals surface area contributed by atoms with Gasteiger partial charge in [-0.3, -0.25) is 4.90 Å². The molecule has 1 unspecified atom stereocenters. The number of aldehydes is 1. The molecule has 1 aliphatic rings. The summed E-state index contributed by atoms with van der Waals surface area (Å²) in [5.41, 5.74) is -0.512. The Labute approximate surface area is 106 Å². The van der Waals surface area contributed by atoms with Crippen LogP contribution in [-0.4, -0.2) is 42.0 Å². The largest absolute Gasteiger partial charge is 0.367 e. The second kappa shape index (κ2) is 4.69. The Morgan fingerprint density at radius 3 is 2.06 bits per heavy atom. The molecule has 0 aromatic carbocycles. The molecule has 0 bridgehead atoms. The van der Waals surface area contributed by atoms with E-state index in [9.17, 15) is 4.79 Å². The third-order valence-electron chi connectivity index (χ3n) is 3.44. The lowest BCUT2D eigenvalue weighted by molar-refractivity contribution is -0.184. The van der Waals surface area contributed by atoms with E-state index in [0.717, 1.165) is 32.3 Å². The van der Waals surface area contributed by atoms with Gasteiger partial charge in [-0.1, -0.05) is 13.8 Å². The molecule has 1 saturated heterocycles. The zero-order valence-electron chi connectivity index (χ0n) is 12.2.